The lowest BCUT2D eigenvalue weighted by Crippen LogP contribution is -1.96. The molecule has 6 heteroatoms. The molecule has 3 aromatic carbocycles. The van der Waals surface area contributed by atoms with Crippen molar-refractivity contribution in [3.8, 4) is 22.9 Å². The van der Waals surface area contributed by atoms with E-state index >= 15 is 0 Å². The van der Waals surface area contributed by atoms with E-state index in [9.17, 15) is 9.90 Å². The topological polar surface area (TPSA) is 68.3 Å². The van der Waals surface area contributed by atoms with Gasteiger partial charge in [0.25, 0.3) is 0 Å². The number of para-hydroxylation sites is 2. The molecule has 0 atom stereocenters. The van der Waals surface area contributed by atoms with E-state index in [1.54, 1.807) is 17.7 Å². The first-order valence-corrected chi connectivity index (χ1v) is 10.7. The summed E-state index contributed by atoms with van der Waals surface area (Å²) in [7, 11) is 0. The lowest BCUT2D eigenvalue weighted by Gasteiger charge is -2.04. The largest absolute Gasteiger partial charge is 0.507 e. The van der Waals surface area contributed by atoms with Crippen LogP contribution in [0.4, 0.5) is 0 Å². The van der Waals surface area contributed by atoms with E-state index in [0.29, 0.717) is 27.6 Å². The molecular formula is C27H19ClN2O3. The molecule has 0 bridgehead atoms. The molecule has 33 heavy (non-hydrogen) atoms. The summed E-state index contributed by atoms with van der Waals surface area (Å²) in [6.07, 6.45) is 4.91. The van der Waals surface area contributed by atoms with Crippen molar-refractivity contribution in [1.29, 1.82) is 0 Å². The van der Waals surface area contributed by atoms with Crippen LogP contribution in [0.3, 0.4) is 0 Å². The van der Waals surface area contributed by atoms with Crippen LogP contribution in [-0.2, 0) is 0 Å². The standard InChI is InChI=1S/C27H19ClN2O3/c1-17-13-24(32)21(15-22(17)28)23(31)12-11-19-16-30(20-8-3-2-4-9-20)29-27(19)26-14-18-7-5-6-10-25(18)33-26/h2-16,32H,1H3/b12-11+. The number of aromatic hydroxyl groups is 1. The first-order chi connectivity index (χ1) is 16.0. The molecule has 5 rings (SSSR count). The van der Waals surface area contributed by atoms with Crippen molar-refractivity contribution < 1.29 is 14.3 Å². The van der Waals surface area contributed by atoms with Gasteiger partial charge >= 0.3 is 0 Å². The van der Waals surface area contributed by atoms with E-state index < -0.39 is 0 Å². The number of allylic oxidation sites excluding steroid dienone is 1. The fourth-order valence-electron chi connectivity index (χ4n) is 3.63. The molecule has 5 aromatic rings. The lowest BCUT2D eigenvalue weighted by atomic mass is 10.1. The molecule has 2 heterocycles. The highest BCUT2D eigenvalue weighted by Gasteiger charge is 2.16. The van der Waals surface area contributed by atoms with Gasteiger partial charge in [-0.3, -0.25) is 4.79 Å². The maximum Gasteiger partial charge on any atom is 0.189 e. The number of rotatable bonds is 5. The molecule has 0 amide bonds. The van der Waals surface area contributed by atoms with Crippen molar-refractivity contribution >= 4 is 34.4 Å². The van der Waals surface area contributed by atoms with Gasteiger partial charge in [0.2, 0.25) is 0 Å². The van der Waals surface area contributed by atoms with Crippen molar-refractivity contribution in [2.24, 2.45) is 0 Å². The number of halogens is 1. The van der Waals surface area contributed by atoms with Crippen LogP contribution < -0.4 is 0 Å². The van der Waals surface area contributed by atoms with E-state index in [2.05, 4.69) is 0 Å². The molecule has 2 aromatic heterocycles. The van der Waals surface area contributed by atoms with Crippen LogP contribution in [0.25, 0.3) is 34.2 Å². The Morgan fingerprint density at radius 2 is 1.82 bits per heavy atom. The third-order valence-corrected chi connectivity index (χ3v) is 5.79. The normalized spacial score (nSPS) is 11.5. The van der Waals surface area contributed by atoms with E-state index in [1.807, 2.05) is 66.9 Å². The summed E-state index contributed by atoms with van der Waals surface area (Å²) in [4.78, 5) is 12.8. The predicted molar refractivity (Wildman–Crippen MR) is 130 cm³/mol. The Labute approximate surface area is 195 Å². The Bertz CT molecular complexity index is 1480. The molecule has 0 fully saturated rings. The molecule has 0 unspecified atom stereocenters. The van der Waals surface area contributed by atoms with Gasteiger partial charge in [-0.05, 0) is 61.0 Å². The minimum atomic E-state index is -0.364. The molecule has 0 aliphatic carbocycles. The van der Waals surface area contributed by atoms with Gasteiger partial charge < -0.3 is 9.52 Å². The second-order valence-corrected chi connectivity index (χ2v) is 8.08. The van der Waals surface area contributed by atoms with Crippen LogP contribution >= 0.6 is 11.6 Å². The van der Waals surface area contributed by atoms with Gasteiger partial charge in [0.1, 0.15) is 17.0 Å². The Kier molecular flexibility index (Phi) is 5.32. The number of phenolic OH excluding ortho intramolecular Hbond substituents is 1. The average Bonchev–Trinajstić information content (AvgIpc) is 3.44. The summed E-state index contributed by atoms with van der Waals surface area (Å²) in [5.74, 6) is 0.126. The molecule has 0 saturated carbocycles. The number of furan rings is 1. The molecule has 1 N–H and O–H groups in total. The van der Waals surface area contributed by atoms with Crippen molar-refractivity contribution in [1.82, 2.24) is 9.78 Å². The number of fused-ring (bicyclic) bond motifs is 1. The number of ketones is 1. The van der Waals surface area contributed by atoms with Crippen LogP contribution in [0, 0.1) is 6.92 Å². The van der Waals surface area contributed by atoms with Crippen molar-refractivity contribution in [3.05, 3.63) is 107 Å². The first-order valence-electron chi connectivity index (χ1n) is 10.3. The van der Waals surface area contributed by atoms with Crippen LogP contribution in [0.1, 0.15) is 21.5 Å². The summed E-state index contributed by atoms with van der Waals surface area (Å²) >= 11 is 6.15. The molecule has 0 saturated heterocycles. The molecular weight excluding hydrogens is 436 g/mol. The second kappa shape index (κ2) is 8.45. The van der Waals surface area contributed by atoms with Crippen molar-refractivity contribution in [2.75, 3.05) is 0 Å². The predicted octanol–water partition coefficient (Wildman–Crippen LogP) is 6.85. The van der Waals surface area contributed by atoms with Crippen LogP contribution in [-0.4, -0.2) is 20.7 Å². The Balaban J connectivity index is 1.58. The fourth-order valence-corrected chi connectivity index (χ4v) is 3.79. The zero-order valence-corrected chi connectivity index (χ0v) is 18.5. The number of aryl methyl sites for hydroxylation is 1. The molecule has 0 radical (unpaired) electrons. The highest BCUT2D eigenvalue weighted by atomic mass is 35.5. The third kappa shape index (κ3) is 4.06. The van der Waals surface area contributed by atoms with Gasteiger partial charge in [0, 0.05) is 22.2 Å². The van der Waals surface area contributed by atoms with Crippen LogP contribution in [0.2, 0.25) is 5.02 Å². The monoisotopic (exact) mass is 454 g/mol. The Morgan fingerprint density at radius 1 is 1.06 bits per heavy atom. The summed E-state index contributed by atoms with van der Waals surface area (Å²) in [6, 6.07) is 22.3. The highest BCUT2D eigenvalue weighted by Crippen LogP contribution is 2.31. The zero-order chi connectivity index (χ0) is 22.9. The second-order valence-electron chi connectivity index (χ2n) is 7.68. The molecule has 0 aliphatic heterocycles. The third-order valence-electron chi connectivity index (χ3n) is 5.38. The van der Waals surface area contributed by atoms with Crippen LogP contribution in [0.15, 0.2) is 89.5 Å². The number of aromatic nitrogens is 2. The lowest BCUT2D eigenvalue weighted by molar-refractivity contribution is 0.104. The van der Waals surface area contributed by atoms with Gasteiger partial charge in [0.15, 0.2) is 11.5 Å². The van der Waals surface area contributed by atoms with Gasteiger partial charge in [-0.25, -0.2) is 4.68 Å². The number of benzene rings is 3. The minimum absolute atomic E-state index is 0.107. The summed E-state index contributed by atoms with van der Waals surface area (Å²) in [5, 5.41) is 16.3. The highest BCUT2D eigenvalue weighted by molar-refractivity contribution is 6.32. The number of hydrogen-bond donors (Lipinski definition) is 1. The van der Waals surface area contributed by atoms with Gasteiger partial charge in [-0.15, -0.1) is 0 Å². The number of hydrogen-bond acceptors (Lipinski definition) is 4. The molecule has 0 aliphatic rings. The minimum Gasteiger partial charge on any atom is -0.507 e. The zero-order valence-electron chi connectivity index (χ0n) is 17.7. The quantitative estimate of drug-likeness (QED) is 0.233. The van der Waals surface area contributed by atoms with Crippen molar-refractivity contribution in [3.63, 3.8) is 0 Å². The van der Waals surface area contributed by atoms with E-state index in [-0.39, 0.29) is 17.1 Å². The number of phenols is 1. The van der Waals surface area contributed by atoms with E-state index in [4.69, 9.17) is 21.1 Å². The fraction of sp³-hybridized carbons (Fsp3) is 0.0370. The van der Waals surface area contributed by atoms with E-state index in [0.717, 1.165) is 16.7 Å². The van der Waals surface area contributed by atoms with E-state index in [1.165, 1.54) is 18.2 Å². The first kappa shape index (κ1) is 20.8. The smallest absolute Gasteiger partial charge is 0.189 e. The van der Waals surface area contributed by atoms with Crippen molar-refractivity contribution in [2.45, 2.75) is 6.92 Å². The maximum absolute atomic E-state index is 12.8. The Morgan fingerprint density at radius 3 is 2.61 bits per heavy atom. The van der Waals surface area contributed by atoms with Gasteiger partial charge in [-0.2, -0.15) is 5.10 Å². The molecule has 0 spiro atoms. The SMILES string of the molecule is Cc1cc(O)c(C(=O)/C=C/c2cn(-c3ccccc3)nc2-c2cc3ccccc3o2)cc1Cl. The molecule has 5 nitrogen and oxygen atoms in total. The van der Waals surface area contributed by atoms with Crippen LogP contribution in [0.5, 0.6) is 5.75 Å². The maximum atomic E-state index is 12.8. The summed E-state index contributed by atoms with van der Waals surface area (Å²) in [6.45, 7) is 1.77. The van der Waals surface area contributed by atoms with Gasteiger partial charge in [-0.1, -0.05) is 48.0 Å². The van der Waals surface area contributed by atoms with Gasteiger partial charge in [0.05, 0.1) is 11.3 Å². The Hall–Kier alpha value is -4.09. The summed E-state index contributed by atoms with van der Waals surface area (Å²) < 4.78 is 7.77. The molecule has 162 valence electrons. The number of carbonyl (C=O) groups excluding carboxylic acids is 1. The number of carbonyl (C=O) groups is 1. The summed E-state index contributed by atoms with van der Waals surface area (Å²) in [5.41, 5.74) is 3.78. The average molecular weight is 455 g/mol. The number of nitrogens with zero attached hydrogens (tertiary/aromatic N) is 2.